The Kier molecular flexibility index (Phi) is 5.53. The van der Waals surface area contributed by atoms with Crippen molar-refractivity contribution in [2.24, 2.45) is 5.92 Å². The summed E-state index contributed by atoms with van der Waals surface area (Å²) >= 11 is 15.4. The summed E-state index contributed by atoms with van der Waals surface area (Å²) in [5, 5.41) is 17.3. The van der Waals surface area contributed by atoms with Gasteiger partial charge in [-0.3, -0.25) is 9.59 Å². The molecule has 0 aliphatic carbocycles. The molecular formula is C18H13BrCl2N6O2. The Labute approximate surface area is 183 Å². The molecule has 0 saturated carbocycles. The first-order valence-electron chi connectivity index (χ1n) is 8.54. The molecule has 0 spiro atoms. The molecule has 8 nitrogen and oxygen atoms in total. The van der Waals surface area contributed by atoms with Gasteiger partial charge < -0.3 is 10.2 Å². The van der Waals surface area contributed by atoms with Crippen molar-refractivity contribution >= 4 is 62.3 Å². The van der Waals surface area contributed by atoms with Crippen molar-refractivity contribution in [3.63, 3.8) is 0 Å². The molecule has 1 atom stereocenters. The summed E-state index contributed by atoms with van der Waals surface area (Å²) < 4.78 is 0.727. The van der Waals surface area contributed by atoms with Crippen molar-refractivity contribution in [3.8, 4) is 11.4 Å². The number of H-pyrrole nitrogens is 1. The normalized spacial score (nSPS) is 16.3. The molecule has 2 N–H and O–H groups in total. The highest BCUT2D eigenvalue weighted by atomic mass is 79.9. The van der Waals surface area contributed by atoms with Gasteiger partial charge in [-0.05, 0) is 48.0 Å². The van der Waals surface area contributed by atoms with Crippen molar-refractivity contribution in [2.45, 2.75) is 6.42 Å². The summed E-state index contributed by atoms with van der Waals surface area (Å²) in [6.45, 7) is 0.418. The first-order valence-corrected chi connectivity index (χ1v) is 10.1. The third-order valence-corrected chi connectivity index (χ3v) is 5.70. The molecule has 1 aromatic heterocycles. The van der Waals surface area contributed by atoms with Gasteiger partial charge in [-0.25, -0.2) is 0 Å². The monoisotopic (exact) mass is 494 g/mol. The van der Waals surface area contributed by atoms with Gasteiger partial charge in [0, 0.05) is 28.0 Å². The van der Waals surface area contributed by atoms with E-state index < -0.39 is 5.92 Å². The minimum atomic E-state index is -0.794. The largest absolute Gasteiger partial charge is 0.325 e. The lowest BCUT2D eigenvalue weighted by Crippen LogP contribution is -2.33. The van der Waals surface area contributed by atoms with E-state index in [-0.39, 0.29) is 11.8 Å². The predicted octanol–water partition coefficient (Wildman–Crippen LogP) is 3.93. The van der Waals surface area contributed by atoms with Crippen molar-refractivity contribution in [2.75, 3.05) is 16.8 Å². The zero-order chi connectivity index (χ0) is 20.5. The van der Waals surface area contributed by atoms with Crippen LogP contribution in [-0.4, -0.2) is 39.0 Å². The number of aromatic amines is 1. The summed E-state index contributed by atoms with van der Waals surface area (Å²) in [7, 11) is 0. The van der Waals surface area contributed by atoms with E-state index in [0.29, 0.717) is 45.8 Å². The second-order valence-corrected chi connectivity index (χ2v) is 8.11. The maximum absolute atomic E-state index is 12.8. The number of nitrogens with zero attached hydrogens (tertiary/aromatic N) is 4. The smallest absolute Gasteiger partial charge is 0.239 e. The molecule has 148 valence electrons. The number of tetrazole rings is 1. The molecule has 2 amide bonds. The fraction of sp³-hybridized carbons (Fsp3) is 0.167. The molecule has 1 saturated heterocycles. The van der Waals surface area contributed by atoms with E-state index in [1.54, 1.807) is 36.4 Å². The molecule has 1 aliphatic rings. The number of rotatable bonds is 4. The Morgan fingerprint density at radius 3 is 2.76 bits per heavy atom. The standard InChI is InChI=1S/C18H13BrCl2N6O2/c19-10-5-9(16-23-25-26-24-16)6-11(7-10)22-17(28)13-3-4-27(18(13)29)12-1-2-14(20)15(21)8-12/h1-2,5-8,13H,3-4H2,(H,22,28)(H,23,24,25,26). The molecule has 29 heavy (non-hydrogen) atoms. The summed E-state index contributed by atoms with van der Waals surface area (Å²) in [5.41, 5.74) is 1.80. The Balaban J connectivity index is 1.51. The number of benzene rings is 2. The van der Waals surface area contributed by atoms with Gasteiger partial charge in [-0.1, -0.05) is 39.1 Å². The van der Waals surface area contributed by atoms with Crippen molar-refractivity contribution in [1.29, 1.82) is 0 Å². The SMILES string of the molecule is O=C(Nc1cc(Br)cc(-c2nn[nH]n2)c1)C1CCN(c2ccc(Cl)c(Cl)c2)C1=O. The number of amides is 2. The predicted molar refractivity (Wildman–Crippen MR) is 113 cm³/mol. The number of carbonyl (C=O) groups excluding carboxylic acids is 2. The zero-order valence-corrected chi connectivity index (χ0v) is 17.8. The average Bonchev–Trinajstić information content (AvgIpc) is 3.33. The van der Waals surface area contributed by atoms with Crippen molar-refractivity contribution < 1.29 is 9.59 Å². The number of anilines is 2. The van der Waals surface area contributed by atoms with Crippen LogP contribution in [0.15, 0.2) is 40.9 Å². The molecule has 2 heterocycles. The summed E-state index contributed by atoms with van der Waals surface area (Å²) in [4.78, 5) is 27.1. The second-order valence-electron chi connectivity index (χ2n) is 6.38. The maximum Gasteiger partial charge on any atom is 0.239 e. The van der Waals surface area contributed by atoms with Gasteiger partial charge in [0.2, 0.25) is 17.6 Å². The van der Waals surface area contributed by atoms with Crippen LogP contribution < -0.4 is 10.2 Å². The summed E-state index contributed by atoms with van der Waals surface area (Å²) in [6.07, 6.45) is 0.399. The Morgan fingerprint density at radius 2 is 2.03 bits per heavy atom. The van der Waals surface area contributed by atoms with E-state index in [4.69, 9.17) is 23.2 Å². The Morgan fingerprint density at radius 1 is 1.21 bits per heavy atom. The van der Waals surface area contributed by atoms with Crippen LogP contribution in [0.2, 0.25) is 10.0 Å². The number of nitrogens with one attached hydrogen (secondary N) is 2. The van der Waals surface area contributed by atoms with E-state index in [2.05, 4.69) is 41.9 Å². The summed E-state index contributed by atoms with van der Waals surface area (Å²) in [5.74, 6) is -1.06. The summed E-state index contributed by atoms with van der Waals surface area (Å²) in [6, 6.07) is 10.2. The molecule has 1 fully saturated rings. The van der Waals surface area contributed by atoms with Crippen LogP contribution in [0.5, 0.6) is 0 Å². The van der Waals surface area contributed by atoms with Gasteiger partial charge in [0.25, 0.3) is 0 Å². The molecule has 3 aromatic rings. The molecule has 2 aromatic carbocycles. The number of halogens is 3. The zero-order valence-electron chi connectivity index (χ0n) is 14.7. The molecule has 0 radical (unpaired) electrons. The topological polar surface area (TPSA) is 104 Å². The Bertz CT molecular complexity index is 1090. The lowest BCUT2D eigenvalue weighted by molar-refractivity contribution is -0.129. The highest BCUT2D eigenvalue weighted by molar-refractivity contribution is 9.10. The van der Waals surface area contributed by atoms with Gasteiger partial charge in [0.1, 0.15) is 5.92 Å². The second kappa shape index (κ2) is 8.10. The third kappa shape index (κ3) is 4.12. The van der Waals surface area contributed by atoms with Crippen LogP contribution in [0.25, 0.3) is 11.4 Å². The number of hydrogen-bond donors (Lipinski definition) is 2. The third-order valence-electron chi connectivity index (χ3n) is 4.51. The van der Waals surface area contributed by atoms with Crippen LogP contribution in [0, 0.1) is 5.92 Å². The van der Waals surface area contributed by atoms with Gasteiger partial charge in [-0.2, -0.15) is 5.21 Å². The van der Waals surface area contributed by atoms with Crippen LogP contribution in [0.3, 0.4) is 0 Å². The highest BCUT2D eigenvalue weighted by Crippen LogP contribution is 2.32. The molecule has 1 aliphatic heterocycles. The van der Waals surface area contributed by atoms with E-state index in [1.165, 1.54) is 4.90 Å². The molecule has 4 rings (SSSR count). The highest BCUT2D eigenvalue weighted by Gasteiger charge is 2.37. The average molecular weight is 496 g/mol. The fourth-order valence-electron chi connectivity index (χ4n) is 3.14. The molecule has 11 heteroatoms. The van der Waals surface area contributed by atoms with Crippen LogP contribution in [-0.2, 0) is 9.59 Å². The lowest BCUT2D eigenvalue weighted by atomic mass is 10.1. The van der Waals surface area contributed by atoms with E-state index in [1.807, 2.05) is 0 Å². The van der Waals surface area contributed by atoms with E-state index in [9.17, 15) is 9.59 Å². The Hall–Kier alpha value is -2.49. The fourth-order valence-corrected chi connectivity index (χ4v) is 3.92. The van der Waals surface area contributed by atoms with Crippen LogP contribution >= 0.6 is 39.1 Å². The molecule has 0 bridgehead atoms. The number of aromatic nitrogens is 4. The molecule has 1 unspecified atom stereocenters. The van der Waals surface area contributed by atoms with Crippen LogP contribution in [0.1, 0.15) is 6.42 Å². The van der Waals surface area contributed by atoms with E-state index in [0.717, 1.165) is 4.47 Å². The minimum absolute atomic E-state index is 0.283. The van der Waals surface area contributed by atoms with Gasteiger partial charge in [0.05, 0.1) is 10.0 Å². The van der Waals surface area contributed by atoms with Gasteiger partial charge in [0.15, 0.2) is 0 Å². The number of carbonyl (C=O) groups is 2. The van der Waals surface area contributed by atoms with Crippen molar-refractivity contribution in [1.82, 2.24) is 20.6 Å². The lowest BCUT2D eigenvalue weighted by Gasteiger charge is -2.17. The quantitative estimate of drug-likeness (QED) is 0.533. The van der Waals surface area contributed by atoms with Crippen LogP contribution in [0.4, 0.5) is 11.4 Å². The van der Waals surface area contributed by atoms with Gasteiger partial charge in [-0.15, -0.1) is 10.2 Å². The van der Waals surface area contributed by atoms with Gasteiger partial charge >= 0.3 is 0 Å². The molecular weight excluding hydrogens is 483 g/mol. The number of hydrogen-bond acceptors (Lipinski definition) is 5. The first-order chi connectivity index (χ1) is 13.9. The van der Waals surface area contributed by atoms with Crippen molar-refractivity contribution in [3.05, 3.63) is 50.9 Å². The first kappa shape index (κ1) is 19.8. The maximum atomic E-state index is 12.8. The van der Waals surface area contributed by atoms with E-state index >= 15 is 0 Å². The minimum Gasteiger partial charge on any atom is -0.325 e.